The summed E-state index contributed by atoms with van der Waals surface area (Å²) < 4.78 is 43.3. The van der Waals surface area contributed by atoms with Gasteiger partial charge >= 0.3 is 0 Å². The van der Waals surface area contributed by atoms with Gasteiger partial charge in [0.25, 0.3) is 0 Å². The number of aromatic nitrogens is 4. The number of carbonyl (C=O) groups excluding carboxylic acids is 1. The molecule has 0 fully saturated rings. The summed E-state index contributed by atoms with van der Waals surface area (Å²) in [6.07, 6.45) is 4.78. The zero-order valence-electron chi connectivity index (χ0n) is 14.3. The molecule has 0 unspecified atom stereocenters. The van der Waals surface area contributed by atoms with E-state index in [0.717, 1.165) is 0 Å². The molecular weight excluding hydrogens is 373 g/mol. The zero-order chi connectivity index (χ0) is 20.0. The van der Waals surface area contributed by atoms with E-state index in [9.17, 15) is 23.1 Å². The predicted molar refractivity (Wildman–Crippen MR) is 92.8 cm³/mol. The lowest BCUT2D eigenvalue weighted by Crippen LogP contribution is -2.10. The van der Waals surface area contributed by atoms with Crippen LogP contribution in [0.5, 0.6) is 5.75 Å². The molecule has 0 spiro atoms. The molecule has 0 saturated carbocycles. The Balaban J connectivity index is 1.84. The molecule has 2 aromatic heterocycles. The number of phenols is 1. The molecule has 0 saturated heterocycles. The number of nitrogens with zero attached hydrogens (tertiary/aromatic N) is 4. The van der Waals surface area contributed by atoms with Crippen molar-refractivity contribution in [1.82, 2.24) is 19.5 Å². The van der Waals surface area contributed by atoms with E-state index in [1.165, 1.54) is 24.4 Å². The number of rotatable bonds is 3. The average Bonchev–Trinajstić information content (AvgIpc) is 3.11. The van der Waals surface area contributed by atoms with Gasteiger partial charge in [-0.25, -0.2) is 23.1 Å². The number of carbonyl (C=O) groups is 1. The molecule has 0 atom stereocenters. The third-order valence-electron chi connectivity index (χ3n) is 4.23. The van der Waals surface area contributed by atoms with Gasteiger partial charge in [-0.1, -0.05) is 0 Å². The summed E-state index contributed by atoms with van der Waals surface area (Å²) in [5.74, 6) is -5.90. The Labute approximate surface area is 155 Å². The fourth-order valence-corrected chi connectivity index (χ4v) is 2.81. The molecule has 0 amide bonds. The minimum atomic E-state index is -1.67. The Morgan fingerprint density at radius 3 is 2.57 bits per heavy atom. The molecule has 4 aromatic rings. The molecule has 6 nitrogen and oxygen atoms in total. The molecule has 140 valence electrons. The fourth-order valence-electron chi connectivity index (χ4n) is 2.81. The summed E-state index contributed by atoms with van der Waals surface area (Å²) in [4.78, 5) is 25.3. The molecular formula is C19H11F3N4O2. The van der Waals surface area contributed by atoms with Crippen LogP contribution in [0, 0.1) is 24.4 Å². The number of halogens is 3. The summed E-state index contributed by atoms with van der Waals surface area (Å²) in [6, 6.07) is 4.31. The van der Waals surface area contributed by atoms with E-state index in [4.69, 9.17) is 0 Å². The van der Waals surface area contributed by atoms with Crippen LogP contribution in [-0.2, 0) is 0 Å². The van der Waals surface area contributed by atoms with Gasteiger partial charge in [0.05, 0.1) is 17.2 Å². The number of ketones is 1. The third-order valence-corrected chi connectivity index (χ3v) is 4.23. The minimum Gasteiger partial charge on any atom is -0.505 e. The highest BCUT2D eigenvalue weighted by molar-refractivity contribution is 6.10. The Kier molecular flexibility index (Phi) is 4.07. The number of hydrogen-bond donors (Lipinski definition) is 1. The Bertz CT molecular complexity index is 1230. The molecule has 0 bridgehead atoms. The maximum atomic E-state index is 14.1. The molecule has 28 heavy (non-hydrogen) atoms. The summed E-state index contributed by atoms with van der Waals surface area (Å²) in [5, 5.41) is 9.38. The standard InChI is InChI=1S/C19H11F3N4O2/c1-9-23-4-5-26(9)15-8-24-12-3-2-10(6-13(12)25-15)19(28)16-17(21)11(20)7-14(27)18(16)22/h2-8,27H,1H3. The van der Waals surface area contributed by atoms with Crippen LogP contribution >= 0.6 is 0 Å². The second kappa shape index (κ2) is 6.45. The molecule has 0 aliphatic rings. The fraction of sp³-hybridized carbons (Fsp3) is 0.0526. The highest BCUT2D eigenvalue weighted by Gasteiger charge is 2.25. The molecule has 0 radical (unpaired) electrons. The molecule has 4 rings (SSSR count). The van der Waals surface area contributed by atoms with Crippen molar-refractivity contribution >= 4 is 16.8 Å². The highest BCUT2D eigenvalue weighted by Crippen LogP contribution is 2.27. The molecule has 0 aliphatic carbocycles. The van der Waals surface area contributed by atoms with Gasteiger partial charge in [0.15, 0.2) is 34.8 Å². The monoisotopic (exact) mass is 384 g/mol. The van der Waals surface area contributed by atoms with Gasteiger partial charge < -0.3 is 5.11 Å². The first kappa shape index (κ1) is 17.7. The van der Waals surface area contributed by atoms with E-state index in [2.05, 4.69) is 15.0 Å². The Morgan fingerprint density at radius 1 is 1.07 bits per heavy atom. The van der Waals surface area contributed by atoms with Crippen molar-refractivity contribution in [1.29, 1.82) is 0 Å². The summed E-state index contributed by atoms with van der Waals surface area (Å²) in [6.45, 7) is 1.77. The lowest BCUT2D eigenvalue weighted by Gasteiger charge is -2.08. The molecule has 2 aromatic carbocycles. The first-order valence-corrected chi connectivity index (χ1v) is 8.05. The third kappa shape index (κ3) is 2.77. The van der Waals surface area contributed by atoms with E-state index in [1.54, 1.807) is 23.9 Å². The number of fused-ring (bicyclic) bond motifs is 1. The highest BCUT2D eigenvalue weighted by atomic mass is 19.2. The van der Waals surface area contributed by atoms with E-state index in [-0.39, 0.29) is 17.1 Å². The first-order chi connectivity index (χ1) is 13.4. The predicted octanol–water partition coefficient (Wildman–Crippen LogP) is 3.48. The number of hydrogen-bond acceptors (Lipinski definition) is 5. The summed E-state index contributed by atoms with van der Waals surface area (Å²) in [5.41, 5.74) is -0.575. The van der Waals surface area contributed by atoms with Crippen LogP contribution < -0.4 is 0 Å². The molecule has 1 N–H and O–H groups in total. The van der Waals surface area contributed by atoms with Gasteiger partial charge in [-0.2, -0.15) is 0 Å². The SMILES string of the molecule is Cc1nccn1-c1cnc2ccc(C(=O)c3c(F)c(O)cc(F)c3F)cc2n1. The van der Waals surface area contributed by atoms with E-state index in [1.807, 2.05) is 0 Å². The number of aryl methyl sites for hydroxylation is 1. The molecule has 9 heteroatoms. The van der Waals surface area contributed by atoms with Crippen molar-refractivity contribution in [3.63, 3.8) is 0 Å². The zero-order valence-corrected chi connectivity index (χ0v) is 14.3. The van der Waals surface area contributed by atoms with Crippen molar-refractivity contribution in [2.45, 2.75) is 6.92 Å². The lowest BCUT2D eigenvalue weighted by molar-refractivity contribution is 0.102. The average molecular weight is 384 g/mol. The van der Waals surface area contributed by atoms with Crippen LogP contribution in [0.1, 0.15) is 21.7 Å². The normalized spacial score (nSPS) is 11.1. The van der Waals surface area contributed by atoms with Crippen LogP contribution in [0.2, 0.25) is 0 Å². The maximum Gasteiger partial charge on any atom is 0.199 e. The van der Waals surface area contributed by atoms with Crippen molar-refractivity contribution in [2.24, 2.45) is 0 Å². The van der Waals surface area contributed by atoms with Gasteiger partial charge in [0.1, 0.15) is 11.4 Å². The van der Waals surface area contributed by atoms with E-state index >= 15 is 0 Å². The topological polar surface area (TPSA) is 80.9 Å². The van der Waals surface area contributed by atoms with Gasteiger partial charge in [-0.05, 0) is 25.1 Å². The van der Waals surface area contributed by atoms with Crippen LogP contribution in [0.4, 0.5) is 13.2 Å². The first-order valence-electron chi connectivity index (χ1n) is 8.05. The van der Waals surface area contributed by atoms with Crippen LogP contribution in [0.25, 0.3) is 16.9 Å². The van der Waals surface area contributed by atoms with Crippen molar-refractivity contribution in [2.75, 3.05) is 0 Å². The van der Waals surface area contributed by atoms with Gasteiger partial charge in [-0.3, -0.25) is 14.3 Å². The van der Waals surface area contributed by atoms with E-state index in [0.29, 0.717) is 17.2 Å². The number of imidazole rings is 1. The Morgan fingerprint density at radius 2 is 1.86 bits per heavy atom. The van der Waals surface area contributed by atoms with Gasteiger partial charge in [-0.15, -0.1) is 0 Å². The van der Waals surface area contributed by atoms with Crippen LogP contribution in [0.15, 0.2) is 42.9 Å². The van der Waals surface area contributed by atoms with Crippen molar-refractivity contribution < 1.29 is 23.1 Å². The summed E-state index contributed by atoms with van der Waals surface area (Å²) in [7, 11) is 0. The van der Waals surface area contributed by atoms with Crippen molar-refractivity contribution in [3.8, 4) is 11.6 Å². The van der Waals surface area contributed by atoms with Crippen LogP contribution in [-0.4, -0.2) is 30.4 Å². The Hall–Kier alpha value is -3.75. The number of benzene rings is 2. The largest absolute Gasteiger partial charge is 0.505 e. The number of aromatic hydroxyl groups is 1. The summed E-state index contributed by atoms with van der Waals surface area (Å²) >= 11 is 0. The van der Waals surface area contributed by atoms with Gasteiger partial charge in [0.2, 0.25) is 0 Å². The maximum absolute atomic E-state index is 14.1. The molecule has 2 heterocycles. The van der Waals surface area contributed by atoms with Crippen LogP contribution in [0.3, 0.4) is 0 Å². The van der Waals surface area contributed by atoms with E-state index < -0.39 is 34.5 Å². The second-order valence-electron chi connectivity index (χ2n) is 5.99. The van der Waals surface area contributed by atoms with Gasteiger partial charge in [0, 0.05) is 24.0 Å². The quantitative estimate of drug-likeness (QED) is 0.432. The lowest BCUT2D eigenvalue weighted by atomic mass is 10.0. The van der Waals surface area contributed by atoms with Crippen molar-refractivity contribution in [3.05, 3.63) is 77.3 Å². The molecule has 0 aliphatic heterocycles. The second-order valence-corrected chi connectivity index (χ2v) is 5.99. The minimum absolute atomic E-state index is 0.135. The number of phenolic OH excluding ortho intramolecular Hbond substituents is 1. The smallest absolute Gasteiger partial charge is 0.199 e.